The predicted molar refractivity (Wildman–Crippen MR) is 118 cm³/mol. The molecule has 0 radical (unpaired) electrons. The number of carbonyl (C=O) groups is 2. The Labute approximate surface area is 182 Å². The van der Waals surface area contributed by atoms with Gasteiger partial charge in [-0.1, -0.05) is 31.4 Å². The smallest absolute Gasteiger partial charge is 0.341 e. The number of anilines is 1. The van der Waals surface area contributed by atoms with Gasteiger partial charge >= 0.3 is 5.97 Å². The van der Waals surface area contributed by atoms with Gasteiger partial charge in [-0.05, 0) is 69.5 Å². The quantitative estimate of drug-likeness (QED) is 0.582. The first-order chi connectivity index (χ1) is 14.9. The highest BCUT2D eigenvalue weighted by atomic mass is 19.1. The maximum Gasteiger partial charge on any atom is 0.341 e. The number of nitrogens with one attached hydrogen (secondary N) is 1. The van der Waals surface area contributed by atoms with E-state index in [0.717, 1.165) is 24.8 Å². The molecule has 0 aromatic heterocycles. The largest absolute Gasteiger partial charge is 0.490 e. The zero-order chi connectivity index (χ0) is 22.4. The van der Waals surface area contributed by atoms with Gasteiger partial charge in [-0.25, -0.2) is 9.18 Å². The van der Waals surface area contributed by atoms with Gasteiger partial charge in [-0.3, -0.25) is 4.79 Å². The number of amides is 1. The summed E-state index contributed by atoms with van der Waals surface area (Å²) in [5, 5.41) is 2.99. The van der Waals surface area contributed by atoms with Gasteiger partial charge in [-0.15, -0.1) is 0 Å². The van der Waals surface area contributed by atoms with Crippen molar-refractivity contribution in [3.8, 4) is 5.75 Å². The molecule has 1 saturated carbocycles. The van der Waals surface area contributed by atoms with E-state index >= 15 is 0 Å². The predicted octanol–water partition coefficient (Wildman–Crippen LogP) is 5.63. The highest BCUT2D eigenvalue weighted by molar-refractivity contribution is 6.01. The Hall–Kier alpha value is -2.89. The number of esters is 1. The Balaban J connectivity index is 1.92. The molecular formula is C25H30FNO4. The molecule has 0 saturated heterocycles. The molecule has 3 rings (SSSR count). The van der Waals surface area contributed by atoms with Crippen LogP contribution in [0.15, 0.2) is 42.5 Å². The lowest BCUT2D eigenvalue weighted by molar-refractivity contribution is -0.122. The highest BCUT2D eigenvalue weighted by Gasteiger charge is 2.41. The lowest BCUT2D eigenvalue weighted by Gasteiger charge is -2.36. The van der Waals surface area contributed by atoms with Gasteiger partial charge in [-0.2, -0.15) is 0 Å². The van der Waals surface area contributed by atoms with E-state index in [0.29, 0.717) is 24.3 Å². The summed E-state index contributed by atoms with van der Waals surface area (Å²) in [6.45, 7) is 5.73. The molecule has 166 valence electrons. The van der Waals surface area contributed by atoms with Gasteiger partial charge in [0.15, 0.2) is 0 Å². The van der Waals surface area contributed by atoms with Gasteiger partial charge < -0.3 is 14.8 Å². The number of hydrogen-bond donors (Lipinski definition) is 1. The number of carbonyl (C=O) groups excluding carboxylic acids is 2. The maximum absolute atomic E-state index is 13.5. The minimum Gasteiger partial charge on any atom is -0.490 e. The fourth-order valence-electron chi connectivity index (χ4n) is 4.15. The van der Waals surface area contributed by atoms with E-state index in [1.54, 1.807) is 37.3 Å². The van der Waals surface area contributed by atoms with E-state index in [9.17, 15) is 14.0 Å². The molecular weight excluding hydrogens is 397 g/mol. The summed E-state index contributed by atoms with van der Waals surface area (Å²) in [6.07, 6.45) is 4.22. The second kappa shape index (κ2) is 9.94. The van der Waals surface area contributed by atoms with E-state index in [4.69, 9.17) is 9.47 Å². The van der Waals surface area contributed by atoms with Crippen molar-refractivity contribution in [1.82, 2.24) is 0 Å². The van der Waals surface area contributed by atoms with Crippen LogP contribution in [0.4, 0.5) is 10.1 Å². The Morgan fingerprint density at radius 2 is 1.74 bits per heavy atom. The van der Waals surface area contributed by atoms with E-state index < -0.39 is 11.4 Å². The molecule has 2 aromatic rings. The van der Waals surface area contributed by atoms with Crippen molar-refractivity contribution in [2.45, 2.75) is 64.4 Å². The van der Waals surface area contributed by atoms with Crippen LogP contribution in [0.2, 0.25) is 0 Å². The third-order valence-corrected chi connectivity index (χ3v) is 5.63. The molecule has 1 fully saturated rings. The van der Waals surface area contributed by atoms with Gasteiger partial charge in [0.05, 0.1) is 18.1 Å². The molecule has 0 unspecified atom stereocenters. The Morgan fingerprint density at radius 1 is 1.06 bits per heavy atom. The molecule has 6 heteroatoms. The zero-order valence-corrected chi connectivity index (χ0v) is 18.4. The van der Waals surface area contributed by atoms with Crippen LogP contribution in [0.25, 0.3) is 0 Å². The van der Waals surface area contributed by atoms with Crippen LogP contribution in [-0.2, 0) is 14.9 Å². The second-order valence-corrected chi connectivity index (χ2v) is 8.20. The SMILES string of the molecule is CCOC(=O)c1cc(NC(=O)C2(c3ccc(F)cc3)CCCCC2)ccc1OC(C)C. The molecule has 31 heavy (non-hydrogen) atoms. The fraction of sp³-hybridized carbons (Fsp3) is 0.440. The number of ether oxygens (including phenoxy) is 2. The van der Waals surface area contributed by atoms with Crippen LogP contribution >= 0.6 is 0 Å². The van der Waals surface area contributed by atoms with Crippen LogP contribution in [0.3, 0.4) is 0 Å². The van der Waals surface area contributed by atoms with E-state index in [-0.39, 0.29) is 30.0 Å². The molecule has 1 aliphatic carbocycles. The van der Waals surface area contributed by atoms with E-state index in [1.165, 1.54) is 12.1 Å². The van der Waals surface area contributed by atoms with Gasteiger partial charge in [0.1, 0.15) is 17.1 Å². The third kappa shape index (κ3) is 5.24. The van der Waals surface area contributed by atoms with Crippen LogP contribution < -0.4 is 10.1 Å². The minimum absolute atomic E-state index is 0.113. The molecule has 0 aliphatic heterocycles. The molecule has 0 heterocycles. The summed E-state index contributed by atoms with van der Waals surface area (Å²) >= 11 is 0. The summed E-state index contributed by atoms with van der Waals surface area (Å²) in [4.78, 5) is 25.9. The summed E-state index contributed by atoms with van der Waals surface area (Å²) in [5.74, 6) is -0.557. The Bertz CT molecular complexity index is 918. The first-order valence-electron chi connectivity index (χ1n) is 10.9. The lowest BCUT2D eigenvalue weighted by atomic mass is 9.68. The van der Waals surface area contributed by atoms with Crippen molar-refractivity contribution >= 4 is 17.6 Å². The highest BCUT2D eigenvalue weighted by Crippen LogP contribution is 2.41. The van der Waals surface area contributed by atoms with Gasteiger partial charge in [0.25, 0.3) is 0 Å². The van der Waals surface area contributed by atoms with Crippen LogP contribution in [0.5, 0.6) is 5.75 Å². The van der Waals surface area contributed by atoms with E-state index in [1.807, 2.05) is 13.8 Å². The molecule has 2 aromatic carbocycles. The molecule has 5 nitrogen and oxygen atoms in total. The molecule has 1 aliphatic rings. The molecule has 0 atom stereocenters. The summed E-state index contributed by atoms with van der Waals surface area (Å²) in [6, 6.07) is 11.2. The van der Waals surface area contributed by atoms with Crippen LogP contribution in [0.1, 0.15) is 68.8 Å². The lowest BCUT2D eigenvalue weighted by Crippen LogP contribution is -2.42. The number of rotatable bonds is 7. The zero-order valence-electron chi connectivity index (χ0n) is 18.4. The second-order valence-electron chi connectivity index (χ2n) is 8.20. The number of halogens is 1. The molecule has 0 bridgehead atoms. The van der Waals surface area contributed by atoms with Crippen LogP contribution in [0, 0.1) is 5.82 Å². The van der Waals surface area contributed by atoms with Crippen molar-refractivity contribution in [3.05, 3.63) is 59.4 Å². The summed E-state index contributed by atoms with van der Waals surface area (Å²) in [5.41, 5.74) is 0.865. The van der Waals surface area contributed by atoms with Crippen molar-refractivity contribution in [2.24, 2.45) is 0 Å². The van der Waals surface area contributed by atoms with Gasteiger partial charge in [0, 0.05) is 5.69 Å². The van der Waals surface area contributed by atoms with Crippen molar-refractivity contribution in [1.29, 1.82) is 0 Å². The Kier molecular flexibility index (Phi) is 7.31. The fourth-order valence-corrected chi connectivity index (χ4v) is 4.15. The van der Waals surface area contributed by atoms with Crippen molar-refractivity contribution in [2.75, 3.05) is 11.9 Å². The monoisotopic (exact) mass is 427 g/mol. The average molecular weight is 428 g/mol. The number of hydrogen-bond acceptors (Lipinski definition) is 4. The minimum atomic E-state index is -0.719. The topological polar surface area (TPSA) is 64.6 Å². The maximum atomic E-state index is 13.5. The first-order valence-corrected chi connectivity index (χ1v) is 10.9. The average Bonchev–Trinajstić information content (AvgIpc) is 2.75. The molecule has 1 N–H and O–H groups in total. The number of benzene rings is 2. The first kappa shape index (κ1) is 22.8. The van der Waals surface area contributed by atoms with Crippen LogP contribution in [-0.4, -0.2) is 24.6 Å². The molecule has 1 amide bonds. The summed E-state index contributed by atoms with van der Waals surface area (Å²) in [7, 11) is 0. The van der Waals surface area contributed by atoms with Gasteiger partial charge in [0.2, 0.25) is 5.91 Å². The van der Waals surface area contributed by atoms with Crippen molar-refractivity contribution in [3.63, 3.8) is 0 Å². The standard InChI is InChI=1S/C25H30FNO4/c1-4-30-23(28)21-16-20(12-13-22(21)31-17(2)3)27-24(29)25(14-6-5-7-15-25)18-8-10-19(26)11-9-18/h8-13,16-17H,4-7,14-15H2,1-3H3,(H,27,29). The molecule has 0 spiro atoms. The Morgan fingerprint density at radius 3 is 2.35 bits per heavy atom. The summed E-state index contributed by atoms with van der Waals surface area (Å²) < 4.78 is 24.4. The normalized spacial score (nSPS) is 15.4. The van der Waals surface area contributed by atoms with E-state index in [2.05, 4.69) is 5.32 Å². The van der Waals surface area contributed by atoms with Crippen molar-refractivity contribution < 1.29 is 23.5 Å². The third-order valence-electron chi connectivity index (χ3n) is 5.63.